The lowest BCUT2D eigenvalue weighted by Crippen LogP contribution is -2.57. The van der Waals surface area contributed by atoms with Gasteiger partial charge in [0.05, 0.1) is 23.8 Å². The van der Waals surface area contributed by atoms with Crippen LogP contribution in [0.1, 0.15) is 42.6 Å². The van der Waals surface area contributed by atoms with Gasteiger partial charge in [0.1, 0.15) is 29.1 Å². The topological polar surface area (TPSA) is 114 Å². The van der Waals surface area contributed by atoms with Crippen LogP contribution >= 0.6 is 0 Å². The van der Waals surface area contributed by atoms with E-state index in [1.807, 2.05) is 0 Å². The number of piperidine rings is 1. The van der Waals surface area contributed by atoms with Crippen LogP contribution in [-0.2, 0) is 4.74 Å². The average molecular weight is 476 g/mol. The van der Waals surface area contributed by atoms with Crippen molar-refractivity contribution in [2.45, 2.75) is 56.5 Å². The summed E-state index contributed by atoms with van der Waals surface area (Å²) < 4.78 is 12.3. The Kier molecular flexibility index (Phi) is 5.81. The summed E-state index contributed by atoms with van der Waals surface area (Å²) in [5, 5.41) is 6.04. The maximum absolute atomic E-state index is 11.8. The van der Waals surface area contributed by atoms with Gasteiger partial charge in [-0.15, -0.1) is 0 Å². The average Bonchev–Trinajstić information content (AvgIpc) is 2.89. The van der Waals surface area contributed by atoms with Gasteiger partial charge in [-0.3, -0.25) is 9.78 Å². The second-order valence-corrected chi connectivity index (χ2v) is 9.49. The Labute approximate surface area is 203 Å². The number of hydrogen-bond acceptors (Lipinski definition) is 9. The highest BCUT2D eigenvalue weighted by Gasteiger charge is 2.38. The predicted molar refractivity (Wildman–Crippen MR) is 131 cm³/mol. The van der Waals surface area contributed by atoms with Crippen LogP contribution in [-0.4, -0.2) is 70.3 Å². The van der Waals surface area contributed by atoms with Crippen LogP contribution in [0.4, 0.5) is 11.5 Å². The van der Waals surface area contributed by atoms with Gasteiger partial charge in [-0.25, -0.2) is 15.0 Å². The lowest BCUT2D eigenvalue weighted by Gasteiger charge is -2.48. The third-order valence-electron chi connectivity index (χ3n) is 7.09. The van der Waals surface area contributed by atoms with E-state index in [4.69, 9.17) is 9.47 Å². The first kappa shape index (κ1) is 22.0. The summed E-state index contributed by atoms with van der Waals surface area (Å²) >= 11 is 0. The fourth-order valence-electron chi connectivity index (χ4n) is 5.27. The van der Waals surface area contributed by atoms with Crippen molar-refractivity contribution in [3.8, 4) is 5.75 Å². The number of carbonyl (C=O) groups is 1. The molecule has 0 spiro atoms. The Bertz CT molecular complexity index is 1210. The van der Waals surface area contributed by atoms with Crippen LogP contribution in [0.15, 0.2) is 36.9 Å². The molecule has 2 unspecified atom stereocenters. The Morgan fingerprint density at radius 3 is 2.57 bits per heavy atom. The molecule has 182 valence electrons. The molecule has 2 N–H and O–H groups in total. The Balaban J connectivity index is 1.12. The van der Waals surface area contributed by atoms with Gasteiger partial charge < -0.3 is 25.0 Å². The smallest absolute Gasteiger partial charge is 0.269 e. The van der Waals surface area contributed by atoms with Gasteiger partial charge in [-0.2, -0.15) is 0 Å². The summed E-state index contributed by atoms with van der Waals surface area (Å²) in [5.41, 5.74) is 3.13. The molecule has 1 aliphatic carbocycles. The Hall–Kier alpha value is -3.53. The first-order valence-corrected chi connectivity index (χ1v) is 12.3. The van der Waals surface area contributed by atoms with Crippen LogP contribution in [0.5, 0.6) is 5.75 Å². The maximum Gasteiger partial charge on any atom is 0.269 e. The largest absolute Gasteiger partial charge is 0.488 e. The minimum atomic E-state index is -0.223. The molecule has 7 rings (SSSR count). The van der Waals surface area contributed by atoms with E-state index in [1.165, 1.54) is 6.33 Å². The molecular weight excluding hydrogens is 446 g/mol. The summed E-state index contributed by atoms with van der Waals surface area (Å²) in [6, 6.07) is 6.18. The first-order chi connectivity index (χ1) is 17.1. The quantitative estimate of drug-likeness (QED) is 0.555. The van der Waals surface area contributed by atoms with E-state index in [0.29, 0.717) is 23.7 Å². The molecule has 4 fully saturated rings. The van der Waals surface area contributed by atoms with Crippen LogP contribution in [0.25, 0.3) is 11.0 Å². The van der Waals surface area contributed by atoms with Crippen molar-refractivity contribution in [3.63, 3.8) is 0 Å². The van der Waals surface area contributed by atoms with E-state index in [0.717, 1.165) is 67.7 Å². The van der Waals surface area contributed by atoms with Crippen molar-refractivity contribution in [1.82, 2.24) is 25.3 Å². The van der Waals surface area contributed by atoms with Crippen molar-refractivity contribution in [3.05, 3.63) is 42.6 Å². The van der Waals surface area contributed by atoms with Gasteiger partial charge in [0.15, 0.2) is 0 Å². The molecule has 3 aliphatic heterocycles. The lowest BCUT2D eigenvalue weighted by molar-refractivity contribution is -0.133. The van der Waals surface area contributed by atoms with Gasteiger partial charge >= 0.3 is 0 Å². The van der Waals surface area contributed by atoms with Crippen LogP contribution in [0, 0.1) is 0 Å². The summed E-state index contributed by atoms with van der Waals surface area (Å²) in [5.74, 6) is 1.24. The van der Waals surface area contributed by atoms with Crippen LogP contribution in [0.3, 0.4) is 0 Å². The molecule has 1 aromatic carbocycles. The number of hydrogen-bond donors (Lipinski definition) is 2. The molecule has 10 nitrogen and oxygen atoms in total. The van der Waals surface area contributed by atoms with Crippen molar-refractivity contribution in [2.24, 2.45) is 0 Å². The molecule has 1 amide bonds. The second kappa shape index (κ2) is 9.26. The van der Waals surface area contributed by atoms with Crippen molar-refractivity contribution in [1.29, 1.82) is 0 Å². The van der Waals surface area contributed by atoms with Crippen molar-refractivity contribution >= 4 is 28.4 Å². The molecule has 4 aliphatic rings. The van der Waals surface area contributed by atoms with E-state index < -0.39 is 0 Å². The number of rotatable bonds is 6. The summed E-state index contributed by atoms with van der Waals surface area (Å²) in [4.78, 5) is 31.6. The molecular formula is C25H29N7O3. The number of fused-ring (bicyclic) bond motifs is 3. The number of morpholine rings is 1. The van der Waals surface area contributed by atoms with E-state index in [-0.39, 0.29) is 18.1 Å². The molecule has 35 heavy (non-hydrogen) atoms. The summed E-state index contributed by atoms with van der Waals surface area (Å²) in [7, 11) is 1.59. The first-order valence-electron chi connectivity index (χ1n) is 12.3. The highest BCUT2D eigenvalue weighted by molar-refractivity contribution is 5.92. The van der Waals surface area contributed by atoms with Gasteiger partial charge in [0, 0.05) is 62.8 Å². The van der Waals surface area contributed by atoms with Gasteiger partial charge in [-0.1, -0.05) is 0 Å². The van der Waals surface area contributed by atoms with Crippen LogP contribution < -0.4 is 20.3 Å². The lowest BCUT2D eigenvalue weighted by atomic mass is 9.93. The molecule has 3 aromatic rings. The van der Waals surface area contributed by atoms with E-state index in [2.05, 4.69) is 47.6 Å². The molecule has 10 heteroatoms. The minimum absolute atomic E-state index is 0.110. The zero-order valence-corrected chi connectivity index (χ0v) is 19.7. The molecule has 2 atom stereocenters. The second-order valence-electron chi connectivity index (χ2n) is 9.49. The van der Waals surface area contributed by atoms with Gasteiger partial charge in [-0.05, 0) is 31.7 Å². The molecule has 1 saturated carbocycles. The van der Waals surface area contributed by atoms with E-state index >= 15 is 0 Å². The van der Waals surface area contributed by atoms with Gasteiger partial charge in [0.25, 0.3) is 5.91 Å². The third kappa shape index (κ3) is 4.58. The number of anilines is 2. The summed E-state index contributed by atoms with van der Waals surface area (Å²) in [6.45, 7) is 1.81. The predicted octanol–water partition coefficient (Wildman–Crippen LogP) is 2.56. The molecule has 0 radical (unpaired) electrons. The normalized spacial score (nSPS) is 25.6. The number of ether oxygens (including phenoxy) is 2. The van der Waals surface area contributed by atoms with E-state index in [1.54, 1.807) is 25.5 Å². The number of amides is 1. The monoisotopic (exact) mass is 475 g/mol. The SMILES string of the molecule is CNC(=O)c1cc(N[C@H]2CC[C@@H](Oc3cc(N4CC5CC(C4)O5)cc4nccnc34)CC2)ncn1. The zero-order valence-electron chi connectivity index (χ0n) is 19.7. The van der Waals surface area contributed by atoms with Gasteiger partial charge in [0.2, 0.25) is 0 Å². The Morgan fingerprint density at radius 2 is 1.80 bits per heavy atom. The highest BCUT2D eigenvalue weighted by Crippen LogP contribution is 2.36. The number of benzene rings is 1. The molecule has 5 heterocycles. The number of nitrogens with one attached hydrogen (secondary N) is 2. The van der Waals surface area contributed by atoms with Crippen molar-refractivity contribution in [2.75, 3.05) is 30.4 Å². The standard InChI is InChI=1S/C25H29N7O3/c1-26-25(33)21-11-23(30-14-29-21)31-15-2-4-17(5-3-15)35-22-9-16(8-20-24(22)28-7-6-27-20)32-12-18-10-19(13-32)34-18/h6-9,11,14-15,17-19H,2-5,10,12-13H2,1H3,(H,26,33)(H,29,30,31)/t15-,17+,18?,19?. The molecule has 2 aromatic heterocycles. The maximum atomic E-state index is 11.8. The molecule has 2 bridgehead atoms. The fourth-order valence-corrected chi connectivity index (χ4v) is 5.27. The van der Waals surface area contributed by atoms with E-state index in [9.17, 15) is 4.79 Å². The Morgan fingerprint density at radius 1 is 1.03 bits per heavy atom. The molecule has 3 saturated heterocycles. The fraction of sp³-hybridized carbons (Fsp3) is 0.480. The van der Waals surface area contributed by atoms with Crippen LogP contribution in [0.2, 0.25) is 0 Å². The minimum Gasteiger partial charge on any atom is -0.488 e. The summed E-state index contributed by atoms with van der Waals surface area (Å²) in [6.07, 6.45) is 10.5. The van der Waals surface area contributed by atoms with Crippen molar-refractivity contribution < 1.29 is 14.3 Å². The zero-order chi connectivity index (χ0) is 23.8. The third-order valence-corrected chi connectivity index (χ3v) is 7.09. The number of nitrogens with zero attached hydrogens (tertiary/aromatic N) is 5. The number of aromatic nitrogens is 4. The number of carbonyl (C=O) groups excluding carboxylic acids is 1. The highest BCUT2D eigenvalue weighted by atomic mass is 16.5.